The van der Waals surface area contributed by atoms with E-state index >= 15 is 0 Å². The van der Waals surface area contributed by atoms with Crippen LogP contribution in [0.5, 0.6) is 11.5 Å². The molecule has 0 fully saturated rings. The molecule has 0 unspecified atom stereocenters. The van der Waals surface area contributed by atoms with E-state index in [-0.39, 0.29) is 0 Å². The molecule has 24 heavy (non-hydrogen) atoms. The van der Waals surface area contributed by atoms with Crippen molar-refractivity contribution < 1.29 is 18.6 Å². The summed E-state index contributed by atoms with van der Waals surface area (Å²) < 4.78 is 17.3. The van der Waals surface area contributed by atoms with Gasteiger partial charge < -0.3 is 9.47 Å². The average Bonchev–Trinajstić information content (AvgIpc) is 3.03. The van der Waals surface area contributed by atoms with Gasteiger partial charge in [0.05, 0.1) is 0 Å². The van der Waals surface area contributed by atoms with Crippen LogP contribution in [0.4, 0.5) is 11.4 Å². The van der Waals surface area contributed by atoms with Gasteiger partial charge in [-0.15, -0.1) is 0 Å². The number of nitrogens with zero attached hydrogens (tertiary/aromatic N) is 2. The van der Waals surface area contributed by atoms with Crippen molar-refractivity contribution in [2.45, 2.75) is 39.1 Å². The molecule has 0 amide bonds. The van der Waals surface area contributed by atoms with Gasteiger partial charge in [0.25, 0.3) is 11.4 Å². The van der Waals surface area contributed by atoms with E-state index in [1.807, 2.05) is 0 Å². The molecule has 120 valence electrons. The molecule has 0 saturated carbocycles. The van der Waals surface area contributed by atoms with Crippen LogP contribution in [0, 0.1) is 13.8 Å². The van der Waals surface area contributed by atoms with E-state index < -0.39 is 6.03 Å². The van der Waals surface area contributed by atoms with Crippen molar-refractivity contribution in [3.05, 3.63) is 47.5 Å². The molecule has 0 bridgehead atoms. The van der Waals surface area contributed by atoms with Crippen LogP contribution in [0.3, 0.4) is 0 Å². The predicted octanol–water partition coefficient (Wildman–Crippen LogP) is 4.01. The highest BCUT2D eigenvalue weighted by Crippen LogP contribution is 2.51. The number of fused-ring (bicyclic) bond motifs is 4. The first-order valence-corrected chi connectivity index (χ1v) is 8.53. The SMILES string of the molecule is Cc1cccc2c1OC13Oc4c(C)cccc4/[N+]1=C\CCC/C=[N+]\23. The van der Waals surface area contributed by atoms with Gasteiger partial charge >= 0.3 is 6.03 Å². The molecule has 0 saturated heterocycles. The van der Waals surface area contributed by atoms with Gasteiger partial charge in [0.2, 0.25) is 11.5 Å². The monoisotopic (exact) mass is 320 g/mol. The summed E-state index contributed by atoms with van der Waals surface area (Å²) in [4.78, 5) is 0. The summed E-state index contributed by atoms with van der Waals surface area (Å²) in [5.41, 5.74) is 4.39. The van der Waals surface area contributed by atoms with Crippen molar-refractivity contribution in [2.24, 2.45) is 0 Å². The molecule has 0 radical (unpaired) electrons. The number of hydrogen-bond acceptors (Lipinski definition) is 2. The molecular weight excluding hydrogens is 300 g/mol. The lowest BCUT2D eigenvalue weighted by molar-refractivity contribution is -0.831. The highest BCUT2D eigenvalue weighted by molar-refractivity contribution is 5.65. The molecule has 4 heteroatoms. The molecule has 4 nitrogen and oxygen atoms in total. The molecule has 0 N–H and O–H groups in total. The minimum Gasteiger partial charge on any atom is -0.333 e. The first-order chi connectivity index (χ1) is 11.7. The topological polar surface area (TPSA) is 24.5 Å². The molecule has 3 heterocycles. The van der Waals surface area contributed by atoms with E-state index in [9.17, 15) is 0 Å². The lowest BCUT2D eigenvalue weighted by atomic mass is 10.2. The zero-order valence-electron chi connectivity index (χ0n) is 14.0. The third-order valence-corrected chi connectivity index (χ3v) is 5.01. The van der Waals surface area contributed by atoms with E-state index in [1.165, 1.54) is 0 Å². The Labute approximate surface area is 141 Å². The van der Waals surface area contributed by atoms with E-state index in [0.717, 1.165) is 53.3 Å². The van der Waals surface area contributed by atoms with Crippen molar-refractivity contribution in [1.29, 1.82) is 0 Å². The Balaban J connectivity index is 1.79. The predicted molar refractivity (Wildman–Crippen MR) is 92.2 cm³/mol. The quantitative estimate of drug-likeness (QED) is 0.685. The van der Waals surface area contributed by atoms with Crippen molar-refractivity contribution in [3.63, 3.8) is 0 Å². The molecule has 2 aromatic rings. The summed E-state index contributed by atoms with van der Waals surface area (Å²) >= 11 is 0. The smallest absolute Gasteiger partial charge is 0.333 e. The first kappa shape index (κ1) is 13.8. The van der Waals surface area contributed by atoms with Crippen LogP contribution >= 0.6 is 0 Å². The van der Waals surface area contributed by atoms with Gasteiger partial charge in [0.15, 0.2) is 12.4 Å². The Morgan fingerprint density at radius 1 is 0.792 bits per heavy atom. The molecule has 2 aromatic carbocycles. The third kappa shape index (κ3) is 1.63. The van der Waals surface area contributed by atoms with Crippen LogP contribution in [0.2, 0.25) is 0 Å². The second kappa shape index (κ2) is 4.69. The number of benzene rings is 2. The Morgan fingerprint density at radius 3 is 1.79 bits per heavy atom. The van der Waals surface area contributed by atoms with E-state index in [2.05, 4.69) is 71.8 Å². The molecule has 0 aromatic heterocycles. The van der Waals surface area contributed by atoms with Crippen molar-refractivity contribution in [1.82, 2.24) is 0 Å². The Hall–Kier alpha value is -2.62. The lowest BCUT2D eigenvalue weighted by Crippen LogP contribution is -2.53. The van der Waals surface area contributed by atoms with Crippen LogP contribution in [-0.4, -0.2) is 27.6 Å². The maximum absolute atomic E-state index is 6.49. The number of aryl methyl sites for hydroxylation is 2. The van der Waals surface area contributed by atoms with Gasteiger partial charge in [-0.05, 0) is 31.4 Å². The number of rotatable bonds is 0. The maximum atomic E-state index is 6.49. The van der Waals surface area contributed by atoms with Crippen molar-refractivity contribution in [2.75, 3.05) is 0 Å². The van der Waals surface area contributed by atoms with Crippen LogP contribution in [0.1, 0.15) is 30.4 Å². The fourth-order valence-electron chi connectivity index (χ4n) is 3.81. The van der Waals surface area contributed by atoms with E-state index in [4.69, 9.17) is 9.47 Å². The molecule has 0 atom stereocenters. The maximum Gasteiger partial charge on any atom is 0.714 e. The van der Waals surface area contributed by atoms with Crippen molar-refractivity contribution in [3.8, 4) is 11.5 Å². The number of ether oxygens (including phenoxy) is 2. The summed E-state index contributed by atoms with van der Waals surface area (Å²) in [6.45, 7) is 4.16. The highest BCUT2D eigenvalue weighted by atomic mass is 16.8. The van der Waals surface area contributed by atoms with Crippen LogP contribution < -0.4 is 9.47 Å². The van der Waals surface area contributed by atoms with Crippen LogP contribution in [0.25, 0.3) is 0 Å². The molecule has 3 aliphatic rings. The summed E-state index contributed by atoms with van der Waals surface area (Å²) in [5, 5.41) is 0. The zero-order valence-corrected chi connectivity index (χ0v) is 14.0. The lowest BCUT2D eigenvalue weighted by Gasteiger charge is -2.13. The summed E-state index contributed by atoms with van der Waals surface area (Å²) in [5.74, 6) is 1.80. The molecule has 5 rings (SSSR count). The minimum absolute atomic E-state index is 0.902. The highest BCUT2D eigenvalue weighted by Gasteiger charge is 2.72. The van der Waals surface area contributed by atoms with Gasteiger partial charge in [-0.1, -0.05) is 33.4 Å². The summed E-state index contributed by atoms with van der Waals surface area (Å²) in [7, 11) is 0. The van der Waals surface area contributed by atoms with Crippen molar-refractivity contribution >= 4 is 23.8 Å². The van der Waals surface area contributed by atoms with Gasteiger partial charge in [-0.25, -0.2) is 0 Å². The number of para-hydroxylation sites is 2. The third-order valence-electron chi connectivity index (χ3n) is 5.01. The Bertz CT molecular complexity index is 852. The minimum atomic E-state index is -0.969. The fourth-order valence-corrected chi connectivity index (χ4v) is 3.81. The van der Waals surface area contributed by atoms with Crippen LogP contribution in [-0.2, 0) is 0 Å². The molecule has 0 aliphatic carbocycles. The summed E-state index contributed by atoms with van der Waals surface area (Å²) in [6.07, 6.45) is 7.55. The van der Waals surface area contributed by atoms with Gasteiger partial charge in [0, 0.05) is 25.0 Å². The average molecular weight is 320 g/mol. The fraction of sp³-hybridized carbons (Fsp3) is 0.300. The van der Waals surface area contributed by atoms with E-state index in [1.54, 1.807) is 0 Å². The first-order valence-electron chi connectivity index (χ1n) is 8.53. The second-order valence-corrected chi connectivity index (χ2v) is 6.63. The Morgan fingerprint density at radius 2 is 1.29 bits per heavy atom. The van der Waals surface area contributed by atoms with Gasteiger partial charge in [-0.3, -0.25) is 0 Å². The molecular formula is C20H20N2O2+2. The standard InChI is InChI=1S/C20H20N2O2/c1-14-8-6-10-16-18(14)23-20-21(16)12-4-3-5-13-22(20)17-11-7-9-15(2)19(17)24-20/h6-13H,3-5H2,1-2H3/q+2/b21-12+,22-13+. The van der Waals surface area contributed by atoms with Gasteiger partial charge in [0.1, 0.15) is 0 Å². The number of hydrogen-bond donors (Lipinski definition) is 0. The van der Waals surface area contributed by atoms with Gasteiger partial charge in [-0.2, -0.15) is 0 Å². The summed E-state index contributed by atoms with van der Waals surface area (Å²) in [6, 6.07) is 11.5. The largest absolute Gasteiger partial charge is 0.714 e. The van der Waals surface area contributed by atoms with E-state index in [0.29, 0.717) is 0 Å². The Kier molecular flexibility index (Phi) is 2.70. The second-order valence-electron chi connectivity index (χ2n) is 6.63. The normalized spacial score (nSPS) is 23.8. The zero-order chi connectivity index (χ0) is 16.3. The molecule has 3 aliphatic heterocycles. The molecule has 1 spiro atoms. The van der Waals surface area contributed by atoms with Crippen LogP contribution in [0.15, 0.2) is 36.4 Å².